The number of rotatable bonds is 0. The van der Waals surface area contributed by atoms with Crippen LogP contribution in [0.1, 0.15) is 40.0 Å². The number of aliphatic imine (C=N–C) groups is 1. The Kier molecular flexibility index (Phi) is 3.30. The number of nitrogens with zero attached hydrogens (tertiary/aromatic N) is 1. The van der Waals surface area contributed by atoms with E-state index < -0.39 is 0 Å². The molecule has 0 aromatic carbocycles. The molecule has 0 bridgehead atoms. The lowest BCUT2D eigenvalue weighted by Crippen LogP contribution is -2.11. The van der Waals surface area contributed by atoms with Crippen molar-refractivity contribution in [3.8, 4) is 0 Å². The maximum Gasteiger partial charge on any atom is 0.0276 e. The summed E-state index contributed by atoms with van der Waals surface area (Å²) < 4.78 is 0. The van der Waals surface area contributed by atoms with E-state index in [2.05, 4.69) is 25.8 Å². The van der Waals surface area contributed by atoms with Gasteiger partial charge in [-0.15, -0.1) is 0 Å². The molecule has 0 spiro atoms. The molecule has 0 heterocycles. The Hall–Kier alpha value is -0.330. The molecule has 0 N–H and O–H groups in total. The highest BCUT2D eigenvalue weighted by Crippen LogP contribution is 2.29. The van der Waals surface area contributed by atoms with Crippen LogP contribution in [0.2, 0.25) is 0 Å². The topological polar surface area (TPSA) is 12.4 Å². The monoisotopic (exact) mass is 167 g/mol. The molecule has 1 nitrogen and oxygen atoms in total. The van der Waals surface area contributed by atoms with Crippen molar-refractivity contribution in [1.29, 1.82) is 0 Å². The lowest BCUT2D eigenvalue weighted by molar-refractivity contribution is 0.347. The smallest absolute Gasteiger partial charge is 0.0276 e. The van der Waals surface area contributed by atoms with Gasteiger partial charge in [-0.25, -0.2) is 0 Å². The normalized spacial score (nSPS) is 41.3. The van der Waals surface area contributed by atoms with E-state index >= 15 is 0 Å². The van der Waals surface area contributed by atoms with Crippen molar-refractivity contribution >= 4 is 5.71 Å². The van der Waals surface area contributed by atoms with Crippen LogP contribution in [0, 0.1) is 17.8 Å². The van der Waals surface area contributed by atoms with E-state index in [1.54, 1.807) is 0 Å². The minimum atomic E-state index is 0.718. The van der Waals surface area contributed by atoms with Gasteiger partial charge in [0.05, 0.1) is 0 Å². The van der Waals surface area contributed by atoms with E-state index in [0.29, 0.717) is 0 Å². The summed E-state index contributed by atoms with van der Waals surface area (Å²) in [5.74, 6) is 2.47. The minimum absolute atomic E-state index is 0.718. The maximum absolute atomic E-state index is 4.37. The molecule has 0 aromatic rings. The van der Waals surface area contributed by atoms with Crippen LogP contribution in [0.5, 0.6) is 0 Å². The molecule has 1 rings (SSSR count). The Bertz CT molecular complexity index is 172. The number of hydrogen-bond acceptors (Lipinski definition) is 1. The molecule has 0 saturated heterocycles. The molecule has 70 valence electrons. The first-order chi connectivity index (χ1) is 5.65. The zero-order chi connectivity index (χ0) is 9.14. The van der Waals surface area contributed by atoms with Gasteiger partial charge in [-0.1, -0.05) is 20.8 Å². The molecule has 1 heteroatoms. The van der Waals surface area contributed by atoms with E-state index in [9.17, 15) is 0 Å². The molecule has 1 aliphatic rings. The molecule has 1 fully saturated rings. The zero-order valence-corrected chi connectivity index (χ0v) is 8.80. The van der Waals surface area contributed by atoms with Gasteiger partial charge >= 0.3 is 0 Å². The summed E-state index contributed by atoms with van der Waals surface area (Å²) in [6.07, 6.45) is 3.88. The highest BCUT2D eigenvalue weighted by Gasteiger charge is 2.23. The largest absolute Gasteiger partial charge is 0.297 e. The fourth-order valence-corrected chi connectivity index (χ4v) is 2.16. The fraction of sp³-hybridized carbons (Fsp3) is 0.909. The predicted molar refractivity (Wildman–Crippen MR) is 54.7 cm³/mol. The highest BCUT2D eigenvalue weighted by molar-refractivity contribution is 5.86. The molecular weight excluding hydrogens is 146 g/mol. The van der Waals surface area contributed by atoms with E-state index in [4.69, 9.17) is 0 Å². The van der Waals surface area contributed by atoms with Crippen LogP contribution in [0.25, 0.3) is 0 Å². The summed E-state index contributed by atoms with van der Waals surface area (Å²) in [5, 5.41) is 0. The molecule has 3 atom stereocenters. The van der Waals surface area contributed by atoms with Crippen molar-refractivity contribution in [3.63, 3.8) is 0 Å². The fourth-order valence-electron chi connectivity index (χ4n) is 2.16. The summed E-state index contributed by atoms with van der Waals surface area (Å²) in [7, 11) is 1.94. The summed E-state index contributed by atoms with van der Waals surface area (Å²) in [6.45, 7) is 7.06. The van der Waals surface area contributed by atoms with Gasteiger partial charge in [0.2, 0.25) is 0 Å². The van der Waals surface area contributed by atoms with Crippen molar-refractivity contribution in [2.75, 3.05) is 7.05 Å². The maximum atomic E-state index is 4.37. The van der Waals surface area contributed by atoms with E-state index in [1.165, 1.54) is 25.0 Å². The summed E-state index contributed by atoms with van der Waals surface area (Å²) in [6, 6.07) is 0. The van der Waals surface area contributed by atoms with Crippen molar-refractivity contribution in [2.24, 2.45) is 22.7 Å². The average molecular weight is 167 g/mol. The molecule has 12 heavy (non-hydrogen) atoms. The molecule has 1 aliphatic carbocycles. The van der Waals surface area contributed by atoms with Gasteiger partial charge in [0.25, 0.3) is 0 Å². The summed E-state index contributed by atoms with van der Waals surface area (Å²) in [4.78, 5) is 4.37. The Morgan fingerprint density at radius 2 is 1.83 bits per heavy atom. The van der Waals surface area contributed by atoms with Crippen molar-refractivity contribution in [3.05, 3.63) is 0 Å². The lowest BCUT2D eigenvalue weighted by Gasteiger charge is -2.17. The first kappa shape index (κ1) is 9.76. The van der Waals surface area contributed by atoms with Crippen LogP contribution < -0.4 is 0 Å². The van der Waals surface area contributed by atoms with Crippen molar-refractivity contribution in [1.82, 2.24) is 0 Å². The molecule has 2 unspecified atom stereocenters. The quantitative estimate of drug-likeness (QED) is 0.491. The second-order valence-corrected chi connectivity index (χ2v) is 4.34. The van der Waals surface area contributed by atoms with Gasteiger partial charge in [0.1, 0.15) is 0 Å². The second kappa shape index (κ2) is 4.06. The van der Waals surface area contributed by atoms with E-state index in [0.717, 1.165) is 17.8 Å². The Balaban J connectivity index is 2.66. The summed E-state index contributed by atoms with van der Waals surface area (Å²) >= 11 is 0. The lowest BCUT2D eigenvalue weighted by atomic mass is 9.89. The van der Waals surface area contributed by atoms with E-state index in [-0.39, 0.29) is 0 Å². The van der Waals surface area contributed by atoms with Crippen molar-refractivity contribution < 1.29 is 0 Å². The highest BCUT2D eigenvalue weighted by atomic mass is 14.7. The SMILES string of the molecule is C/N=C1/CCC(C)C(C)C[C@@H]1C. The van der Waals surface area contributed by atoms with Crippen LogP contribution in [0.3, 0.4) is 0 Å². The Labute approximate surface area is 76.3 Å². The summed E-state index contributed by atoms with van der Waals surface area (Å²) in [5.41, 5.74) is 1.44. The molecular formula is C11H21N. The third-order valence-electron chi connectivity index (χ3n) is 3.41. The van der Waals surface area contributed by atoms with Crippen LogP contribution in [0.4, 0.5) is 0 Å². The van der Waals surface area contributed by atoms with Gasteiger partial charge in [-0.2, -0.15) is 0 Å². The third-order valence-corrected chi connectivity index (χ3v) is 3.41. The molecule has 1 saturated carbocycles. The first-order valence-electron chi connectivity index (χ1n) is 5.10. The standard InChI is InChI=1S/C11H21N/c1-8-5-6-11(12-4)10(3)7-9(8)2/h8-10H,5-7H2,1-4H3/b12-11-/t8?,9?,10-/m0/s1. The Morgan fingerprint density at radius 1 is 1.17 bits per heavy atom. The second-order valence-electron chi connectivity index (χ2n) is 4.34. The number of hydrogen-bond donors (Lipinski definition) is 0. The van der Waals surface area contributed by atoms with Gasteiger partial charge in [-0.3, -0.25) is 4.99 Å². The molecule has 0 amide bonds. The van der Waals surface area contributed by atoms with Gasteiger partial charge in [0, 0.05) is 12.8 Å². The molecule has 0 radical (unpaired) electrons. The van der Waals surface area contributed by atoms with Crippen molar-refractivity contribution in [2.45, 2.75) is 40.0 Å². The molecule has 0 aliphatic heterocycles. The third kappa shape index (κ3) is 2.09. The minimum Gasteiger partial charge on any atom is -0.297 e. The van der Waals surface area contributed by atoms with Gasteiger partial charge in [-0.05, 0) is 37.0 Å². The molecule has 0 aromatic heterocycles. The van der Waals surface area contributed by atoms with Crippen LogP contribution >= 0.6 is 0 Å². The van der Waals surface area contributed by atoms with Crippen LogP contribution in [-0.4, -0.2) is 12.8 Å². The van der Waals surface area contributed by atoms with Gasteiger partial charge < -0.3 is 0 Å². The predicted octanol–water partition coefficient (Wildman–Crippen LogP) is 3.15. The first-order valence-corrected chi connectivity index (χ1v) is 5.10. The zero-order valence-electron chi connectivity index (χ0n) is 8.80. The van der Waals surface area contributed by atoms with Gasteiger partial charge in [0.15, 0.2) is 0 Å². The van der Waals surface area contributed by atoms with E-state index in [1.807, 2.05) is 7.05 Å². The van der Waals surface area contributed by atoms with Crippen LogP contribution in [0.15, 0.2) is 4.99 Å². The van der Waals surface area contributed by atoms with Crippen LogP contribution in [-0.2, 0) is 0 Å². The Morgan fingerprint density at radius 3 is 2.42 bits per heavy atom. The average Bonchev–Trinajstić information content (AvgIpc) is 2.14.